The lowest BCUT2D eigenvalue weighted by Crippen LogP contribution is -2.55. The van der Waals surface area contributed by atoms with Gasteiger partial charge in [0.2, 0.25) is 0 Å². The van der Waals surface area contributed by atoms with Gasteiger partial charge in [-0.25, -0.2) is 0 Å². The first-order chi connectivity index (χ1) is 9.72. The van der Waals surface area contributed by atoms with E-state index in [1.165, 1.54) is 77.0 Å². The third kappa shape index (κ3) is 3.76. The number of likely N-dealkylation sites (N-methyl/N-ethyl adjacent to an activating group) is 1. The average Bonchev–Trinajstić information content (AvgIpc) is 2.87. The Hall–Kier alpha value is -0.0800. The first-order valence-corrected chi connectivity index (χ1v) is 9.15. The quantitative estimate of drug-likeness (QED) is 0.777. The molecule has 0 spiro atoms. The van der Waals surface area contributed by atoms with E-state index in [0.29, 0.717) is 5.54 Å². The summed E-state index contributed by atoms with van der Waals surface area (Å²) in [7, 11) is 2.38. The fourth-order valence-corrected chi connectivity index (χ4v) is 4.60. The van der Waals surface area contributed by atoms with E-state index in [0.717, 1.165) is 18.5 Å². The topological polar surface area (TPSA) is 29.3 Å². The summed E-state index contributed by atoms with van der Waals surface area (Å²) >= 11 is 0. The molecule has 2 unspecified atom stereocenters. The van der Waals surface area contributed by atoms with Crippen molar-refractivity contribution in [1.82, 2.24) is 4.90 Å². The van der Waals surface area contributed by atoms with Gasteiger partial charge in [-0.05, 0) is 45.1 Å². The Bertz CT molecular complexity index is 271. The maximum absolute atomic E-state index is 6.30. The van der Waals surface area contributed by atoms with E-state index in [-0.39, 0.29) is 0 Å². The largest absolute Gasteiger partial charge is 0.329 e. The van der Waals surface area contributed by atoms with Crippen LogP contribution in [0.4, 0.5) is 0 Å². The minimum atomic E-state index is 0.304. The Kier molecular flexibility index (Phi) is 6.35. The molecule has 2 fully saturated rings. The summed E-state index contributed by atoms with van der Waals surface area (Å²) in [5.74, 6) is 0.950. The smallest absolute Gasteiger partial charge is 0.0331 e. The normalized spacial score (nSPS) is 33.9. The molecule has 2 heteroatoms. The van der Waals surface area contributed by atoms with Crippen molar-refractivity contribution >= 4 is 0 Å². The van der Waals surface area contributed by atoms with E-state index >= 15 is 0 Å². The third-order valence-electron chi connectivity index (χ3n) is 6.35. The van der Waals surface area contributed by atoms with Crippen LogP contribution in [0.3, 0.4) is 0 Å². The Balaban J connectivity index is 2.04. The lowest BCUT2D eigenvalue weighted by Gasteiger charge is -2.45. The number of hydrogen-bond acceptors (Lipinski definition) is 2. The van der Waals surface area contributed by atoms with Crippen LogP contribution in [0.2, 0.25) is 0 Å². The Morgan fingerprint density at radius 2 is 1.65 bits per heavy atom. The van der Waals surface area contributed by atoms with Gasteiger partial charge in [0, 0.05) is 18.1 Å². The van der Waals surface area contributed by atoms with Crippen LogP contribution in [-0.2, 0) is 0 Å². The van der Waals surface area contributed by atoms with Crippen molar-refractivity contribution in [3.05, 3.63) is 0 Å². The van der Waals surface area contributed by atoms with Crippen molar-refractivity contribution < 1.29 is 0 Å². The van der Waals surface area contributed by atoms with Gasteiger partial charge in [-0.2, -0.15) is 0 Å². The maximum atomic E-state index is 6.30. The molecule has 0 aromatic heterocycles. The summed E-state index contributed by atoms with van der Waals surface area (Å²) < 4.78 is 0. The molecular formula is C18H36N2. The van der Waals surface area contributed by atoms with E-state index < -0.39 is 0 Å². The zero-order valence-electron chi connectivity index (χ0n) is 13.9. The molecule has 0 bridgehead atoms. The zero-order chi connectivity index (χ0) is 14.4. The molecule has 0 amide bonds. The second-order valence-corrected chi connectivity index (χ2v) is 7.39. The van der Waals surface area contributed by atoms with Crippen LogP contribution < -0.4 is 5.73 Å². The fraction of sp³-hybridized carbons (Fsp3) is 1.00. The second kappa shape index (κ2) is 7.79. The highest BCUT2D eigenvalue weighted by atomic mass is 15.2. The summed E-state index contributed by atoms with van der Waals surface area (Å²) in [6.07, 6.45) is 16.7. The van der Waals surface area contributed by atoms with Crippen LogP contribution in [-0.4, -0.2) is 30.1 Å². The van der Waals surface area contributed by atoms with Crippen LogP contribution in [0.15, 0.2) is 0 Å². The van der Waals surface area contributed by atoms with Crippen LogP contribution in [0.1, 0.15) is 84.0 Å². The highest BCUT2D eigenvalue weighted by Crippen LogP contribution is 2.37. The van der Waals surface area contributed by atoms with Crippen molar-refractivity contribution in [2.24, 2.45) is 11.7 Å². The van der Waals surface area contributed by atoms with Crippen LogP contribution in [0.25, 0.3) is 0 Å². The molecule has 0 aromatic rings. The molecule has 2 atom stereocenters. The molecule has 0 heterocycles. The maximum Gasteiger partial charge on any atom is 0.0331 e. The number of hydrogen-bond donors (Lipinski definition) is 1. The SMILES string of the molecule is CCC1CCCC(CN)(N(C)C2CCCCCC2)CC1. The lowest BCUT2D eigenvalue weighted by molar-refractivity contribution is 0.0541. The molecular weight excluding hydrogens is 244 g/mol. The minimum Gasteiger partial charge on any atom is -0.329 e. The summed E-state index contributed by atoms with van der Waals surface area (Å²) in [5, 5.41) is 0. The zero-order valence-corrected chi connectivity index (χ0v) is 13.9. The monoisotopic (exact) mass is 280 g/mol. The summed E-state index contributed by atoms with van der Waals surface area (Å²) in [6.45, 7) is 3.21. The predicted octanol–water partition coefficient (Wildman–Crippen LogP) is 4.33. The van der Waals surface area contributed by atoms with Crippen LogP contribution >= 0.6 is 0 Å². The molecule has 2 aliphatic carbocycles. The Labute approximate surface area is 126 Å². The van der Waals surface area contributed by atoms with Gasteiger partial charge < -0.3 is 5.73 Å². The van der Waals surface area contributed by atoms with Gasteiger partial charge in [0.1, 0.15) is 0 Å². The third-order valence-corrected chi connectivity index (χ3v) is 6.35. The van der Waals surface area contributed by atoms with Gasteiger partial charge in [0.05, 0.1) is 0 Å². The molecule has 0 aromatic carbocycles. The van der Waals surface area contributed by atoms with Crippen LogP contribution in [0.5, 0.6) is 0 Å². The van der Waals surface area contributed by atoms with Gasteiger partial charge in [-0.3, -0.25) is 4.90 Å². The summed E-state index contributed by atoms with van der Waals surface area (Å²) in [4.78, 5) is 2.73. The van der Waals surface area contributed by atoms with Gasteiger partial charge in [-0.15, -0.1) is 0 Å². The van der Waals surface area contributed by atoms with Crippen molar-refractivity contribution in [3.63, 3.8) is 0 Å². The van der Waals surface area contributed by atoms with Crippen molar-refractivity contribution in [2.45, 2.75) is 95.6 Å². The standard InChI is InChI=1S/C18H36N2/c1-3-16-9-8-13-18(15-19,14-12-16)20(2)17-10-6-4-5-7-11-17/h16-17H,3-15,19H2,1-2H3. The minimum absolute atomic E-state index is 0.304. The number of rotatable bonds is 4. The van der Waals surface area contributed by atoms with E-state index in [4.69, 9.17) is 5.73 Å². The van der Waals surface area contributed by atoms with E-state index in [1.54, 1.807) is 0 Å². The lowest BCUT2D eigenvalue weighted by atomic mass is 9.85. The van der Waals surface area contributed by atoms with Crippen LogP contribution in [0, 0.1) is 5.92 Å². The van der Waals surface area contributed by atoms with Crippen molar-refractivity contribution in [1.29, 1.82) is 0 Å². The molecule has 20 heavy (non-hydrogen) atoms. The molecule has 0 saturated heterocycles. The van der Waals surface area contributed by atoms with E-state index in [9.17, 15) is 0 Å². The fourth-order valence-electron chi connectivity index (χ4n) is 4.60. The molecule has 118 valence electrons. The van der Waals surface area contributed by atoms with E-state index in [1.807, 2.05) is 0 Å². The Morgan fingerprint density at radius 1 is 0.950 bits per heavy atom. The number of nitrogens with zero attached hydrogens (tertiary/aromatic N) is 1. The molecule has 0 aliphatic heterocycles. The first kappa shape index (κ1) is 16.3. The van der Waals surface area contributed by atoms with Crippen molar-refractivity contribution in [2.75, 3.05) is 13.6 Å². The van der Waals surface area contributed by atoms with Crippen molar-refractivity contribution in [3.8, 4) is 0 Å². The van der Waals surface area contributed by atoms with Gasteiger partial charge >= 0.3 is 0 Å². The molecule has 2 rings (SSSR count). The number of nitrogens with two attached hydrogens (primary N) is 1. The highest BCUT2D eigenvalue weighted by molar-refractivity contribution is 4.95. The van der Waals surface area contributed by atoms with E-state index in [2.05, 4.69) is 18.9 Å². The Morgan fingerprint density at radius 3 is 2.25 bits per heavy atom. The summed E-state index contributed by atoms with van der Waals surface area (Å²) in [5.41, 5.74) is 6.60. The highest BCUT2D eigenvalue weighted by Gasteiger charge is 2.38. The van der Waals surface area contributed by atoms with Gasteiger partial charge in [0.25, 0.3) is 0 Å². The molecule has 2 N–H and O–H groups in total. The molecule has 2 aliphatic rings. The molecule has 2 nitrogen and oxygen atoms in total. The average molecular weight is 280 g/mol. The molecule has 0 radical (unpaired) electrons. The van der Waals surface area contributed by atoms with Gasteiger partial charge in [0.15, 0.2) is 0 Å². The second-order valence-electron chi connectivity index (χ2n) is 7.39. The summed E-state index contributed by atoms with van der Waals surface area (Å²) in [6, 6.07) is 0.791. The van der Waals surface area contributed by atoms with Gasteiger partial charge in [-0.1, -0.05) is 51.9 Å². The molecule has 2 saturated carbocycles. The first-order valence-electron chi connectivity index (χ1n) is 9.15. The predicted molar refractivity (Wildman–Crippen MR) is 87.9 cm³/mol.